The van der Waals surface area contributed by atoms with Gasteiger partial charge in [-0.25, -0.2) is 0 Å². The number of rotatable bonds is 3. The van der Waals surface area contributed by atoms with Gasteiger partial charge in [0.25, 0.3) is 0 Å². The summed E-state index contributed by atoms with van der Waals surface area (Å²) in [5.41, 5.74) is 7.14. The van der Waals surface area contributed by atoms with Crippen molar-refractivity contribution in [1.82, 2.24) is 0 Å². The predicted octanol–water partition coefficient (Wildman–Crippen LogP) is 2.43. The first-order chi connectivity index (χ1) is 10.6. The summed E-state index contributed by atoms with van der Waals surface area (Å²) in [6.07, 6.45) is 8.43. The van der Waals surface area contributed by atoms with E-state index in [1.54, 1.807) is 30.3 Å². The standard InChI is InChI=1S/C18H19NO3/c19-16-8-4-1-5-11(16)9-12(20)10-15-17(21)13-6-2-3-7-14(13)18(15)22/h1-9,11,15-17,20-21H,10,19H2/b12-9+. The third-order valence-corrected chi connectivity index (χ3v) is 4.30. The van der Waals surface area contributed by atoms with Crippen LogP contribution < -0.4 is 5.73 Å². The lowest BCUT2D eigenvalue weighted by atomic mass is 9.92. The SMILES string of the molecule is NC1C=CC=CC1/C=C(/O)CC1C(=O)c2ccccc2C1O. The lowest BCUT2D eigenvalue weighted by Gasteiger charge is -2.18. The first-order valence-electron chi connectivity index (χ1n) is 7.39. The van der Waals surface area contributed by atoms with Gasteiger partial charge in [0.15, 0.2) is 5.78 Å². The molecule has 1 aromatic carbocycles. The lowest BCUT2D eigenvalue weighted by Crippen LogP contribution is -2.27. The zero-order valence-electron chi connectivity index (χ0n) is 12.1. The molecule has 4 heteroatoms. The van der Waals surface area contributed by atoms with Crippen LogP contribution in [0.4, 0.5) is 0 Å². The normalized spacial score (nSPS) is 30.6. The van der Waals surface area contributed by atoms with Crippen LogP contribution in [0.2, 0.25) is 0 Å². The zero-order valence-corrected chi connectivity index (χ0v) is 12.1. The Balaban J connectivity index is 1.75. The van der Waals surface area contributed by atoms with Crippen LogP contribution in [-0.2, 0) is 0 Å². The highest BCUT2D eigenvalue weighted by Gasteiger charge is 2.38. The Bertz CT molecular complexity index is 675. The molecular weight excluding hydrogens is 278 g/mol. The minimum atomic E-state index is -0.866. The molecule has 114 valence electrons. The van der Waals surface area contributed by atoms with Crippen LogP contribution in [0, 0.1) is 11.8 Å². The molecule has 4 nitrogen and oxygen atoms in total. The monoisotopic (exact) mass is 297 g/mol. The quantitative estimate of drug-likeness (QED) is 0.748. The molecule has 0 aliphatic heterocycles. The van der Waals surface area contributed by atoms with E-state index < -0.39 is 12.0 Å². The van der Waals surface area contributed by atoms with Crippen molar-refractivity contribution in [3.8, 4) is 0 Å². The number of ketones is 1. The van der Waals surface area contributed by atoms with E-state index >= 15 is 0 Å². The maximum atomic E-state index is 12.4. The molecule has 0 spiro atoms. The summed E-state index contributed by atoms with van der Waals surface area (Å²) in [5, 5.41) is 20.5. The molecular formula is C18H19NO3. The third-order valence-electron chi connectivity index (χ3n) is 4.30. The van der Waals surface area contributed by atoms with Crippen molar-refractivity contribution in [2.24, 2.45) is 17.6 Å². The van der Waals surface area contributed by atoms with E-state index in [1.165, 1.54) is 0 Å². The first kappa shape index (κ1) is 14.8. The average molecular weight is 297 g/mol. The van der Waals surface area contributed by atoms with Gasteiger partial charge in [0, 0.05) is 23.9 Å². The van der Waals surface area contributed by atoms with Crippen molar-refractivity contribution >= 4 is 5.78 Å². The molecule has 0 saturated heterocycles. The number of fused-ring (bicyclic) bond motifs is 1. The number of hydrogen-bond acceptors (Lipinski definition) is 4. The summed E-state index contributed by atoms with van der Waals surface area (Å²) in [6, 6.07) is 6.86. The van der Waals surface area contributed by atoms with Crippen LogP contribution in [-0.4, -0.2) is 22.0 Å². The van der Waals surface area contributed by atoms with E-state index in [0.717, 1.165) is 0 Å². The van der Waals surface area contributed by atoms with Crippen LogP contribution in [0.25, 0.3) is 0 Å². The van der Waals surface area contributed by atoms with Gasteiger partial charge in [0.2, 0.25) is 0 Å². The maximum Gasteiger partial charge on any atom is 0.169 e. The van der Waals surface area contributed by atoms with Crippen LogP contribution in [0.5, 0.6) is 0 Å². The number of nitrogens with two attached hydrogens (primary N) is 1. The molecule has 4 unspecified atom stereocenters. The molecule has 0 bridgehead atoms. The molecule has 22 heavy (non-hydrogen) atoms. The Kier molecular flexibility index (Phi) is 3.96. The number of hydrogen-bond donors (Lipinski definition) is 3. The van der Waals surface area contributed by atoms with Crippen LogP contribution in [0.15, 0.2) is 60.4 Å². The lowest BCUT2D eigenvalue weighted by molar-refractivity contribution is 0.0732. The average Bonchev–Trinajstić information content (AvgIpc) is 2.75. The summed E-state index contributed by atoms with van der Waals surface area (Å²) in [6.45, 7) is 0. The second-order valence-corrected chi connectivity index (χ2v) is 5.79. The van der Waals surface area contributed by atoms with Gasteiger partial charge in [-0.05, 0) is 11.6 Å². The third kappa shape index (κ3) is 2.63. The van der Waals surface area contributed by atoms with Crippen molar-refractivity contribution in [3.63, 3.8) is 0 Å². The van der Waals surface area contributed by atoms with Gasteiger partial charge in [-0.2, -0.15) is 0 Å². The highest BCUT2D eigenvalue weighted by atomic mass is 16.3. The first-order valence-corrected chi connectivity index (χ1v) is 7.39. The molecule has 0 saturated carbocycles. The molecule has 4 atom stereocenters. The molecule has 4 N–H and O–H groups in total. The molecule has 2 aliphatic rings. The number of aliphatic hydroxyl groups excluding tert-OH is 2. The minimum Gasteiger partial charge on any atom is -0.513 e. The summed E-state index contributed by atoms with van der Waals surface area (Å²) in [4.78, 5) is 12.4. The van der Waals surface area contributed by atoms with Gasteiger partial charge in [-0.1, -0.05) is 48.6 Å². The topological polar surface area (TPSA) is 83.5 Å². The molecule has 1 aromatic rings. The fraction of sp³-hybridized carbons (Fsp3) is 0.278. The van der Waals surface area contributed by atoms with Crippen molar-refractivity contribution in [1.29, 1.82) is 0 Å². The summed E-state index contributed by atoms with van der Waals surface area (Å²) >= 11 is 0. The molecule has 0 radical (unpaired) electrons. The number of Topliss-reactive ketones (excluding diaryl/α,β-unsaturated/α-hetero) is 1. The van der Waals surface area contributed by atoms with E-state index in [4.69, 9.17) is 5.73 Å². The Morgan fingerprint density at radius 1 is 1.23 bits per heavy atom. The summed E-state index contributed by atoms with van der Waals surface area (Å²) in [7, 11) is 0. The second kappa shape index (κ2) is 5.91. The number of carbonyl (C=O) groups is 1. The zero-order chi connectivity index (χ0) is 15.7. The van der Waals surface area contributed by atoms with Crippen molar-refractivity contribution in [2.75, 3.05) is 0 Å². The molecule has 0 fully saturated rings. The fourth-order valence-corrected chi connectivity index (χ4v) is 3.07. The fourth-order valence-electron chi connectivity index (χ4n) is 3.07. The highest BCUT2D eigenvalue weighted by molar-refractivity contribution is 6.02. The molecule has 3 rings (SSSR count). The molecule has 0 heterocycles. The number of aliphatic hydroxyl groups is 2. The summed E-state index contributed by atoms with van der Waals surface area (Å²) in [5.74, 6) is -0.758. The molecule has 0 aromatic heterocycles. The largest absolute Gasteiger partial charge is 0.513 e. The minimum absolute atomic E-state index is 0.0885. The van der Waals surface area contributed by atoms with Gasteiger partial charge in [0.1, 0.15) is 0 Å². The Labute approximate surface area is 129 Å². The van der Waals surface area contributed by atoms with Crippen molar-refractivity contribution in [2.45, 2.75) is 18.6 Å². The van der Waals surface area contributed by atoms with Gasteiger partial charge in [-0.3, -0.25) is 4.79 Å². The van der Waals surface area contributed by atoms with Crippen molar-refractivity contribution < 1.29 is 15.0 Å². The van der Waals surface area contributed by atoms with Crippen molar-refractivity contribution in [3.05, 3.63) is 71.5 Å². The van der Waals surface area contributed by atoms with Gasteiger partial charge >= 0.3 is 0 Å². The Hall–Kier alpha value is -2.17. The van der Waals surface area contributed by atoms with E-state index in [9.17, 15) is 15.0 Å². The maximum absolute atomic E-state index is 12.4. The molecule has 0 amide bonds. The summed E-state index contributed by atoms with van der Waals surface area (Å²) < 4.78 is 0. The molecule has 2 aliphatic carbocycles. The Morgan fingerprint density at radius 2 is 1.95 bits per heavy atom. The van der Waals surface area contributed by atoms with Crippen LogP contribution >= 0.6 is 0 Å². The number of benzene rings is 1. The smallest absolute Gasteiger partial charge is 0.169 e. The van der Waals surface area contributed by atoms with E-state index in [2.05, 4.69) is 0 Å². The van der Waals surface area contributed by atoms with Crippen LogP contribution in [0.3, 0.4) is 0 Å². The second-order valence-electron chi connectivity index (χ2n) is 5.79. The van der Waals surface area contributed by atoms with Gasteiger partial charge in [0.05, 0.1) is 17.8 Å². The van der Waals surface area contributed by atoms with Gasteiger partial charge in [-0.15, -0.1) is 0 Å². The highest BCUT2D eigenvalue weighted by Crippen LogP contribution is 2.39. The number of carbonyl (C=O) groups excluding carboxylic acids is 1. The van der Waals surface area contributed by atoms with Gasteiger partial charge < -0.3 is 15.9 Å². The van der Waals surface area contributed by atoms with E-state index in [0.29, 0.717) is 11.1 Å². The van der Waals surface area contributed by atoms with E-state index in [-0.39, 0.29) is 29.9 Å². The number of allylic oxidation sites excluding steroid dienone is 3. The van der Waals surface area contributed by atoms with Crippen LogP contribution in [0.1, 0.15) is 28.4 Å². The Morgan fingerprint density at radius 3 is 2.68 bits per heavy atom. The van der Waals surface area contributed by atoms with E-state index in [1.807, 2.05) is 24.3 Å². The predicted molar refractivity (Wildman–Crippen MR) is 84.3 cm³/mol.